The van der Waals surface area contributed by atoms with E-state index in [0.717, 1.165) is 0 Å². The summed E-state index contributed by atoms with van der Waals surface area (Å²) in [7, 11) is 0. The summed E-state index contributed by atoms with van der Waals surface area (Å²) in [4.78, 5) is 10.9. The summed E-state index contributed by atoms with van der Waals surface area (Å²) < 4.78 is 5.15. The first-order valence-electron chi connectivity index (χ1n) is 3.97. The molecule has 0 atom stereocenters. The van der Waals surface area contributed by atoms with Crippen LogP contribution < -0.4 is 15.8 Å². The van der Waals surface area contributed by atoms with Crippen LogP contribution in [0.5, 0.6) is 5.75 Å². The van der Waals surface area contributed by atoms with Crippen LogP contribution in [0.15, 0.2) is 30.3 Å². The summed E-state index contributed by atoms with van der Waals surface area (Å²) in [6.45, 7) is 0.137. The van der Waals surface area contributed by atoms with Crippen molar-refractivity contribution in [3.63, 3.8) is 0 Å². The maximum atomic E-state index is 10.9. The van der Waals surface area contributed by atoms with E-state index in [4.69, 9.17) is 10.5 Å². The maximum absolute atomic E-state index is 10.9. The smallest absolute Gasteiger partial charge is 0.258 e. The zero-order valence-electron chi connectivity index (χ0n) is 7.19. The number of amides is 1. The zero-order valence-corrected chi connectivity index (χ0v) is 7.19. The number of hydrogen-bond acceptors (Lipinski definition) is 3. The van der Waals surface area contributed by atoms with Crippen molar-refractivity contribution in [3.8, 4) is 5.75 Å². The van der Waals surface area contributed by atoms with Gasteiger partial charge in [0, 0.05) is 0 Å². The Hall–Kier alpha value is -1.55. The van der Waals surface area contributed by atoms with Gasteiger partial charge in [-0.1, -0.05) is 18.2 Å². The first kappa shape index (κ1) is 9.54. The minimum Gasteiger partial charge on any atom is -0.484 e. The molecule has 0 heterocycles. The predicted octanol–water partition coefficient (Wildman–Crippen LogP) is 0.0978. The van der Waals surface area contributed by atoms with Crippen LogP contribution >= 0.6 is 0 Å². The molecule has 3 N–H and O–H groups in total. The van der Waals surface area contributed by atoms with Crippen LogP contribution in [0.4, 0.5) is 0 Å². The predicted molar refractivity (Wildman–Crippen MR) is 49.1 cm³/mol. The zero-order chi connectivity index (χ0) is 9.52. The molecule has 1 amide bonds. The number of carbonyl (C=O) groups excluding carboxylic acids is 1. The van der Waals surface area contributed by atoms with Crippen LogP contribution in [0.25, 0.3) is 0 Å². The van der Waals surface area contributed by atoms with Gasteiger partial charge in [-0.15, -0.1) is 0 Å². The summed E-state index contributed by atoms with van der Waals surface area (Å²) in [6, 6.07) is 9.14. The molecular formula is C9H12N2O2. The van der Waals surface area contributed by atoms with Gasteiger partial charge < -0.3 is 15.8 Å². The van der Waals surface area contributed by atoms with Crippen LogP contribution in [-0.4, -0.2) is 19.2 Å². The third-order valence-corrected chi connectivity index (χ3v) is 1.41. The number of carbonyl (C=O) groups is 1. The van der Waals surface area contributed by atoms with E-state index in [2.05, 4.69) is 5.32 Å². The highest BCUT2D eigenvalue weighted by molar-refractivity contribution is 5.77. The Bertz CT molecular complexity index is 262. The molecule has 4 nitrogen and oxygen atoms in total. The fourth-order valence-electron chi connectivity index (χ4n) is 0.830. The summed E-state index contributed by atoms with van der Waals surface area (Å²) in [5.41, 5.74) is 5.11. The highest BCUT2D eigenvalue weighted by Gasteiger charge is 1.99. The SMILES string of the molecule is NCNC(=O)COc1ccccc1. The molecule has 4 heteroatoms. The Morgan fingerprint density at radius 1 is 1.38 bits per heavy atom. The van der Waals surface area contributed by atoms with Gasteiger partial charge in [-0.05, 0) is 12.1 Å². The van der Waals surface area contributed by atoms with Gasteiger partial charge in [-0.3, -0.25) is 4.79 Å². The molecule has 0 bridgehead atoms. The molecule has 0 fully saturated rings. The van der Waals surface area contributed by atoms with Gasteiger partial charge in [0.25, 0.3) is 5.91 Å². The van der Waals surface area contributed by atoms with Crippen molar-refractivity contribution in [2.45, 2.75) is 0 Å². The van der Waals surface area contributed by atoms with Crippen molar-refractivity contribution in [2.75, 3.05) is 13.3 Å². The Labute approximate surface area is 76.7 Å². The highest BCUT2D eigenvalue weighted by Crippen LogP contribution is 2.07. The lowest BCUT2D eigenvalue weighted by Crippen LogP contribution is -2.33. The van der Waals surface area contributed by atoms with E-state index >= 15 is 0 Å². The van der Waals surface area contributed by atoms with Crippen LogP contribution in [0.3, 0.4) is 0 Å². The molecule has 0 saturated carbocycles. The van der Waals surface area contributed by atoms with Gasteiger partial charge in [0.2, 0.25) is 0 Å². The van der Waals surface area contributed by atoms with Crippen LogP contribution in [0, 0.1) is 0 Å². The minimum atomic E-state index is -0.216. The monoisotopic (exact) mass is 180 g/mol. The lowest BCUT2D eigenvalue weighted by atomic mass is 10.3. The first-order valence-corrected chi connectivity index (χ1v) is 3.97. The van der Waals surface area contributed by atoms with Crippen molar-refractivity contribution >= 4 is 5.91 Å². The number of benzene rings is 1. The molecule has 1 rings (SSSR count). The molecule has 0 saturated heterocycles. The average molecular weight is 180 g/mol. The lowest BCUT2D eigenvalue weighted by molar-refractivity contribution is -0.123. The topological polar surface area (TPSA) is 64.3 Å². The van der Waals surface area contributed by atoms with Gasteiger partial charge in [-0.25, -0.2) is 0 Å². The second-order valence-electron chi connectivity index (χ2n) is 2.41. The Balaban J connectivity index is 2.31. The Morgan fingerprint density at radius 3 is 2.69 bits per heavy atom. The number of nitrogens with two attached hydrogens (primary N) is 1. The summed E-state index contributed by atoms with van der Waals surface area (Å²) in [6.07, 6.45) is 0. The average Bonchev–Trinajstić information content (AvgIpc) is 2.17. The second-order valence-corrected chi connectivity index (χ2v) is 2.41. The quantitative estimate of drug-likeness (QED) is 0.646. The molecule has 1 aromatic carbocycles. The fraction of sp³-hybridized carbons (Fsp3) is 0.222. The third kappa shape index (κ3) is 3.57. The van der Waals surface area contributed by atoms with Gasteiger partial charge in [0.05, 0.1) is 6.67 Å². The van der Waals surface area contributed by atoms with Crippen LogP contribution in [0.2, 0.25) is 0 Å². The molecular weight excluding hydrogens is 168 g/mol. The number of para-hydroxylation sites is 1. The van der Waals surface area contributed by atoms with E-state index in [1.807, 2.05) is 18.2 Å². The van der Waals surface area contributed by atoms with E-state index in [1.165, 1.54) is 0 Å². The van der Waals surface area contributed by atoms with E-state index < -0.39 is 0 Å². The highest BCUT2D eigenvalue weighted by atomic mass is 16.5. The molecule has 0 aliphatic rings. The van der Waals surface area contributed by atoms with Crippen molar-refractivity contribution in [1.29, 1.82) is 0 Å². The van der Waals surface area contributed by atoms with Crippen LogP contribution in [0.1, 0.15) is 0 Å². The molecule has 13 heavy (non-hydrogen) atoms. The maximum Gasteiger partial charge on any atom is 0.258 e. The van der Waals surface area contributed by atoms with E-state index in [-0.39, 0.29) is 19.2 Å². The normalized spacial score (nSPS) is 9.31. The Morgan fingerprint density at radius 2 is 2.08 bits per heavy atom. The molecule has 0 radical (unpaired) electrons. The summed E-state index contributed by atoms with van der Waals surface area (Å²) >= 11 is 0. The van der Waals surface area contributed by atoms with Gasteiger partial charge in [-0.2, -0.15) is 0 Å². The fourth-order valence-corrected chi connectivity index (χ4v) is 0.830. The van der Waals surface area contributed by atoms with Gasteiger partial charge in [0.15, 0.2) is 6.61 Å². The van der Waals surface area contributed by atoms with Crippen molar-refractivity contribution in [3.05, 3.63) is 30.3 Å². The number of nitrogens with one attached hydrogen (secondary N) is 1. The van der Waals surface area contributed by atoms with Crippen molar-refractivity contribution in [1.82, 2.24) is 5.32 Å². The number of rotatable bonds is 4. The Kier molecular flexibility index (Phi) is 3.78. The second kappa shape index (κ2) is 5.16. The molecule has 0 spiro atoms. The molecule has 0 unspecified atom stereocenters. The van der Waals surface area contributed by atoms with Gasteiger partial charge >= 0.3 is 0 Å². The molecule has 0 aromatic heterocycles. The summed E-state index contributed by atoms with van der Waals surface area (Å²) in [5, 5.41) is 2.43. The van der Waals surface area contributed by atoms with E-state index in [9.17, 15) is 4.79 Å². The first-order chi connectivity index (χ1) is 6.33. The van der Waals surface area contributed by atoms with Crippen molar-refractivity contribution < 1.29 is 9.53 Å². The van der Waals surface area contributed by atoms with Crippen molar-refractivity contribution in [2.24, 2.45) is 5.73 Å². The number of ether oxygens (including phenoxy) is 1. The lowest BCUT2D eigenvalue weighted by Gasteiger charge is -2.04. The molecule has 70 valence electrons. The molecule has 0 aliphatic heterocycles. The van der Waals surface area contributed by atoms with E-state index in [0.29, 0.717) is 5.75 Å². The minimum absolute atomic E-state index is 0.00120. The van der Waals surface area contributed by atoms with Gasteiger partial charge in [0.1, 0.15) is 5.75 Å². The standard InChI is InChI=1S/C9H12N2O2/c10-7-11-9(12)6-13-8-4-2-1-3-5-8/h1-5H,6-7,10H2,(H,11,12). The third-order valence-electron chi connectivity index (χ3n) is 1.41. The molecule has 1 aromatic rings. The molecule has 0 aliphatic carbocycles. The summed E-state index contributed by atoms with van der Waals surface area (Å²) in [5.74, 6) is 0.459. The van der Waals surface area contributed by atoms with Crippen LogP contribution in [-0.2, 0) is 4.79 Å². The number of hydrogen-bond donors (Lipinski definition) is 2. The largest absolute Gasteiger partial charge is 0.484 e. The van der Waals surface area contributed by atoms with E-state index in [1.54, 1.807) is 12.1 Å².